The molecule has 1 aromatic rings. The molecule has 2 aliphatic rings. The van der Waals surface area contributed by atoms with E-state index in [0.29, 0.717) is 5.02 Å². The third-order valence-electron chi connectivity index (χ3n) is 7.18. The summed E-state index contributed by atoms with van der Waals surface area (Å²) in [5.74, 6) is 1.23. The number of halogens is 1. The zero-order valence-corrected chi connectivity index (χ0v) is 22.8. The number of ether oxygens (including phenoxy) is 1. The summed E-state index contributed by atoms with van der Waals surface area (Å²) in [4.78, 5) is 29.0. The lowest BCUT2D eigenvalue weighted by Crippen LogP contribution is -2.31. The summed E-state index contributed by atoms with van der Waals surface area (Å²) in [6.45, 7) is 15.7. The first-order valence-corrected chi connectivity index (χ1v) is 12.4. The summed E-state index contributed by atoms with van der Waals surface area (Å²) < 4.78 is 5.44. The van der Waals surface area contributed by atoms with Crippen LogP contribution >= 0.6 is 11.6 Å². The average molecular weight is 479 g/mol. The van der Waals surface area contributed by atoms with Crippen LogP contribution in [-0.2, 0) is 9.59 Å². The molecule has 0 bridgehead atoms. The highest BCUT2D eigenvalue weighted by atomic mass is 35.5. The second kappa shape index (κ2) is 12.7. The largest absolute Gasteiger partial charge is 0.496 e. The Balaban J connectivity index is 0.000000420. The van der Waals surface area contributed by atoms with Crippen molar-refractivity contribution in [2.24, 2.45) is 21.7 Å². The number of carbonyl (C=O) groups is 2. The normalized spacial score (nSPS) is 23.1. The fourth-order valence-electron chi connectivity index (χ4n) is 4.29. The summed E-state index contributed by atoms with van der Waals surface area (Å²) in [7, 11) is 3.69. The zero-order valence-electron chi connectivity index (χ0n) is 22.0. The van der Waals surface area contributed by atoms with E-state index < -0.39 is 0 Å². The number of hydrogen-bond acceptors (Lipinski definition) is 5. The van der Waals surface area contributed by atoms with Crippen molar-refractivity contribution in [2.45, 2.75) is 73.8 Å². The van der Waals surface area contributed by atoms with Gasteiger partial charge in [-0.2, -0.15) is 0 Å². The number of carbonyl (C=O) groups excluding carboxylic acids is 2. The summed E-state index contributed by atoms with van der Waals surface area (Å²) in [5, 5.41) is 0.685. The van der Waals surface area contributed by atoms with Crippen LogP contribution in [0.4, 0.5) is 0 Å². The van der Waals surface area contributed by atoms with Gasteiger partial charge in [-0.1, -0.05) is 59.6 Å². The highest BCUT2D eigenvalue weighted by Gasteiger charge is 2.47. The van der Waals surface area contributed by atoms with Crippen molar-refractivity contribution < 1.29 is 14.3 Å². The number of methoxy groups -OCH3 is 1. The standard InChI is InChI=1S/C17H21ClN2O2.C8H16O.C2H6/c1-11(21)15-8-17(10-20(15)2)7-14(19-9-17)13-6-12(18)4-5-16(13)22-3;1-5-8(3,4)7(2)6-9;1-2/h4-6,15H,7-10H2,1-3H3;6-7H,5H2,1-4H3;1-2H3. The number of aliphatic imine (C=N–C) groups is 1. The lowest BCUT2D eigenvalue weighted by Gasteiger charge is -2.25. The minimum absolute atomic E-state index is 0.0239. The molecule has 1 spiro atoms. The zero-order chi connectivity index (χ0) is 25.4. The molecule has 6 heteroatoms. The Labute approximate surface area is 205 Å². The Morgan fingerprint density at radius 2 is 2.03 bits per heavy atom. The van der Waals surface area contributed by atoms with Gasteiger partial charge in [0.15, 0.2) is 0 Å². The Bertz CT molecular complexity index is 837. The molecule has 0 amide bonds. The summed E-state index contributed by atoms with van der Waals surface area (Å²) in [6, 6.07) is 5.64. The molecule has 0 saturated carbocycles. The van der Waals surface area contributed by atoms with Gasteiger partial charge in [-0.25, -0.2) is 0 Å². The van der Waals surface area contributed by atoms with Gasteiger partial charge in [0.05, 0.1) is 13.2 Å². The summed E-state index contributed by atoms with van der Waals surface area (Å²) in [6.07, 6.45) is 3.85. The number of Topliss-reactive ketones (excluding diaryl/α,β-unsaturated/α-hetero) is 1. The van der Waals surface area contributed by atoms with E-state index in [0.717, 1.165) is 55.7 Å². The molecule has 0 N–H and O–H groups in total. The topological polar surface area (TPSA) is 59.0 Å². The van der Waals surface area contributed by atoms with Crippen LogP contribution in [0.15, 0.2) is 23.2 Å². The molecular weight excluding hydrogens is 436 g/mol. The predicted octanol–water partition coefficient (Wildman–Crippen LogP) is 6.10. The Kier molecular flexibility index (Phi) is 11.2. The van der Waals surface area contributed by atoms with Crippen LogP contribution in [0.25, 0.3) is 0 Å². The molecule has 0 aliphatic carbocycles. The molecule has 2 heterocycles. The number of aldehydes is 1. The number of likely N-dealkylation sites (N-methyl/N-ethyl adjacent to an activating group) is 1. The average Bonchev–Trinajstić information content (AvgIpc) is 3.37. The van der Waals surface area contributed by atoms with Crippen LogP contribution in [-0.4, -0.2) is 56.0 Å². The highest BCUT2D eigenvalue weighted by Crippen LogP contribution is 2.43. The third-order valence-corrected chi connectivity index (χ3v) is 7.42. The lowest BCUT2D eigenvalue weighted by molar-refractivity contribution is -0.120. The minimum Gasteiger partial charge on any atom is -0.496 e. The van der Waals surface area contributed by atoms with Gasteiger partial charge in [0, 0.05) is 40.7 Å². The maximum Gasteiger partial charge on any atom is 0.146 e. The van der Waals surface area contributed by atoms with Crippen LogP contribution in [0.1, 0.15) is 73.3 Å². The van der Waals surface area contributed by atoms with E-state index in [1.807, 2.05) is 46.0 Å². The van der Waals surface area contributed by atoms with Crippen molar-refractivity contribution in [3.05, 3.63) is 28.8 Å². The number of nitrogens with zero attached hydrogens (tertiary/aromatic N) is 2. The highest BCUT2D eigenvalue weighted by molar-refractivity contribution is 6.31. The minimum atomic E-state index is 0.0239. The second-order valence-electron chi connectivity index (χ2n) is 9.80. The van der Waals surface area contributed by atoms with Crippen LogP contribution in [0.5, 0.6) is 5.75 Å². The van der Waals surface area contributed by atoms with Crippen molar-refractivity contribution in [3.63, 3.8) is 0 Å². The maximum atomic E-state index is 11.8. The van der Waals surface area contributed by atoms with Crippen LogP contribution in [0.2, 0.25) is 5.02 Å². The first-order valence-electron chi connectivity index (χ1n) is 12.0. The predicted molar refractivity (Wildman–Crippen MR) is 139 cm³/mol. The van der Waals surface area contributed by atoms with Gasteiger partial charge in [-0.05, 0) is 50.4 Å². The first-order chi connectivity index (χ1) is 15.5. The molecule has 3 unspecified atom stereocenters. The van der Waals surface area contributed by atoms with Crippen LogP contribution in [0.3, 0.4) is 0 Å². The molecule has 2 aliphatic heterocycles. The Morgan fingerprint density at radius 1 is 1.39 bits per heavy atom. The van der Waals surface area contributed by atoms with E-state index in [1.54, 1.807) is 14.0 Å². The smallest absolute Gasteiger partial charge is 0.146 e. The summed E-state index contributed by atoms with van der Waals surface area (Å²) >= 11 is 6.13. The molecular formula is C27H43ClN2O3. The van der Waals surface area contributed by atoms with Crippen molar-refractivity contribution >= 4 is 29.4 Å². The Morgan fingerprint density at radius 3 is 2.48 bits per heavy atom. The van der Waals surface area contributed by atoms with Crippen LogP contribution in [0, 0.1) is 16.7 Å². The van der Waals surface area contributed by atoms with E-state index in [-0.39, 0.29) is 28.6 Å². The molecule has 3 atom stereocenters. The molecule has 0 radical (unpaired) electrons. The molecule has 3 rings (SSSR count). The van der Waals surface area contributed by atoms with Crippen molar-refractivity contribution in [2.75, 3.05) is 27.2 Å². The molecule has 1 saturated heterocycles. The van der Waals surface area contributed by atoms with E-state index in [9.17, 15) is 9.59 Å². The van der Waals surface area contributed by atoms with Crippen molar-refractivity contribution in [1.82, 2.24) is 4.90 Å². The van der Waals surface area contributed by atoms with Crippen molar-refractivity contribution in [3.8, 4) is 5.75 Å². The number of hydrogen-bond donors (Lipinski definition) is 0. The molecule has 0 aromatic heterocycles. The molecule has 33 heavy (non-hydrogen) atoms. The molecule has 1 fully saturated rings. The fraction of sp³-hybridized carbons (Fsp3) is 0.667. The number of rotatable bonds is 6. The second-order valence-corrected chi connectivity index (χ2v) is 10.2. The van der Waals surface area contributed by atoms with Crippen LogP contribution < -0.4 is 4.74 Å². The lowest BCUT2D eigenvalue weighted by atomic mass is 9.79. The molecule has 5 nitrogen and oxygen atoms in total. The van der Waals surface area contributed by atoms with E-state index in [4.69, 9.17) is 21.3 Å². The van der Waals surface area contributed by atoms with E-state index in [1.165, 1.54) is 0 Å². The molecule has 1 aromatic carbocycles. The maximum absolute atomic E-state index is 11.8. The fourth-order valence-corrected chi connectivity index (χ4v) is 4.46. The quantitative estimate of drug-likeness (QED) is 0.463. The van der Waals surface area contributed by atoms with Gasteiger partial charge in [-0.15, -0.1) is 0 Å². The van der Waals surface area contributed by atoms with Gasteiger partial charge in [0.1, 0.15) is 17.8 Å². The third kappa shape index (κ3) is 7.38. The SMILES string of the molecule is CC.CCC(C)(C)C(C)C=O.COc1ccc(Cl)cc1C1=NCC2(C1)CC(C(C)=O)N(C)C2. The molecule has 186 valence electrons. The van der Waals surface area contributed by atoms with E-state index in [2.05, 4.69) is 25.7 Å². The monoisotopic (exact) mass is 478 g/mol. The van der Waals surface area contributed by atoms with Gasteiger partial charge >= 0.3 is 0 Å². The van der Waals surface area contributed by atoms with E-state index >= 15 is 0 Å². The number of benzene rings is 1. The number of likely N-dealkylation sites (tertiary alicyclic amines) is 1. The summed E-state index contributed by atoms with van der Waals surface area (Å²) in [5.41, 5.74) is 2.27. The first kappa shape index (κ1) is 29.3. The van der Waals surface area contributed by atoms with Gasteiger partial charge in [0.25, 0.3) is 0 Å². The van der Waals surface area contributed by atoms with Crippen molar-refractivity contribution in [1.29, 1.82) is 0 Å². The number of ketones is 1. The Hall–Kier alpha value is -1.72. The van der Waals surface area contributed by atoms with Gasteiger partial charge in [-0.3, -0.25) is 14.7 Å². The van der Waals surface area contributed by atoms with Gasteiger partial charge in [0.2, 0.25) is 0 Å². The van der Waals surface area contributed by atoms with Gasteiger partial charge < -0.3 is 9.53 Å².